The Kier molecular flexibility index (Phi) is 5.62. The Hall–Kier alpha value is -3.81. The number of amides is 1. The van der Waals surface area contributed by atoms with Crippen molar-refractivity contribution >= 4 is 17.1 Å². The zero-order chi connectivity index (χ0) is 22.0. The summed E-state index contributed by atoms with van der Waals surface area (Å²) in [6, 6.07) is 13.8. The fourth-order valence-electron chi connectivity index (χ4n) is 3.39. The fourth-order valence-corrected chi connectivity index (χ4v) is 3.39. The Morgan fingerprint density at radius 1 is 1.06 bits per heavy atom. The Labute approximate surface area is 176 Å². The summed E-state index contributed by atoms with van der Waals surface area (Å²) in [6.45, 7) is 2.25. The van der Waals surface area contributed by atoms with Crippen LogP contribution in [0.4, 0.5) is 8.78 Å². The van der Waals surface area contributed by atoms with Crippen LogP contribution in [0.15, 0.2) is 65.6 Å². The lowest BCUT2D eigenvalue weighted by molar-refractivity contribution is 0.0952. The molecule has 158 valence electrons. The summed E-state index contributed by atoms with van der Waals surface area (Å²) in [5.74, 6) is -1.21. The molecule has 0 aliphatic heterocycles. The van der Waals surface area contributed by atoms with Crippen molar-refractivity contribution in [2.45, 2.75) is 20.0 Å². The molecule has 8 heteroatoms. The molecule has 2 aromatic heterocycles. The van der Waals surface area contributed by atoms with Crippen molar-refractivity contribution in [2.24, 2.45) is 0 Å². The van der Waals surface area contributed by atoms with Crippen molar-refractivity contribution in [3.05, 3.63) is 99.6 Å². The van der Waals surface area contributed by atoms with Gasteiger partial charge in [-0.05, 0) is 54.4 Å². The summed E-state index contributed by atoms with van der Waals surface area (Å²) in [4.78, 5) is 29.7. The molecule has 0 unspecified atom stereocenters. The lowest BCUT2D eigenvalue weighted by Crippen LogP contribution is -2.32. The number of fused-ring (bicyclic) bond motifs is 1. The van der Waals surface area contributed by atoms with E-state index < -0.39 is 11.7 Å². The van der Waals surface area contributed by atoms with E-state index in [2.05, 4.69) is 10.3 Å². The smallest absolute Gasteiger partial charge is 0.330 e. The molecule has 2 aromatic carbocycles. The Balaban J connectivity index is 1.54. The van der Waals surface area contributed by atoms with Crippen LogP contribution in [0.5, 0.6) is 0 Å². The van der Waals surface area contributed by atoms with Gasteiger partial charge in [-0.25, -0.2) is 18.6 Å². The first-order valence-corrected chi connectivity index (χ1v) is 9.77. The Morgan fingerprint density at radius 3 is 2.58 bits per heavy atom. The molecule has 1 N–H and O–H groups in total. The summed E-state index contributed by atoms with van der Waals surface area (Å²) < 4.78 is 29.9. The van der Waals surface area contributed by atoms with Crippen LogP contribution in [0.1, 0.15) is 21.5 Å². The number of aryl methyl sites for hydroxylation is 1. The largest absolute Gasteiger partial charge is 0.350 e. The van der Waals surface area contributed by atoms with Crippen molar-refractivity contribution in [1.29, 1.82) is 0 Å². The van der Waals surface area contributed by atoms with E-state index in [1.165, 1.54) is 22.8 Å². The molecular formula is C23H20F2N4O2. The van der Waals surface area contributed by atoms with E-state index in [4.69, 9.17) is 0 Å². The number of halogens is 2. The van der Waals surface area contributed by atoms with Gasteiger partial charge in [0, 0.05) is 24.8 Å². The lowest BCUT2D eigenvalue weighted by atomic mass is 10.1. The number of hydrogen-bond acceptors (Lipinski definition) is 3. The zero-order valence-corrected chi connectivity index (χ0v) is 16.8. The average molecular weight is 422 g/mol. The lowest BCUT2D eigenvalue weighted by Gasteiger charge is -2.07. The van der Waals surface area contributed by atoms with E-state index in [1.807, 2.05) is 0 Å². The third kappa shape index (κ3) is 4.23. The van der Waals surface area contributed by atoms with Crippen molar-refractivity contribution in [1.82, 2.24) is 19.4 Å². The maximum absolute atomic E-state index is 13.7. The highest BCUT2D eigenvalue weighted by Gasteiger charge is 2.15. The number of hydrogen-bond donors (Lipinski definition) is 1. The van der Waals surface area contributed by atoms with Gasteiger partial charge in [0.2, 0.25) is 0 Å². The van der Waals surface area contributed by atoms with Crippen LogP contribution >= 0.6 is 0 Å². The second-order valence-corrected chi connectivity index (χ2v) is 7.21. The summed E-state index contributed by atoms with van der Waals surface area (Å²) in [5.41, 5.74) is 2.30. The molecule has 0 atom stereocenters. The van der Waals surface area contributed by atoms with Crippen LogP contribution in [-0.2, 0) is 13.1 Å². The van der Waals surface area contributed by atoms with Gasteiger partial charge in [-0.15, -0.1) is 0 Å². The van der Waals surface area contributed by atoms with Crippen molar-refractivity contribution in [3.8, 4) is 0 Å². The van der Waals surface area contributed by atoms with Crippen LogP contribution in [0.3, 0.4) is 0 Å². The third-order valence-corrected chi connectivity index (χ3v) is 5.08. The van der Waals surface area contributed by atoms with E-state index in [9.17, 15) is 18.4 Å². The van der Waals surface area contributed by atoms with Crippen LogP contribution < -0.4 is 11.0 Å². The molecule has 31 heavy (non-hydrogen) atoms. The van der Waals surface area contributed by atoms with Crippen molar-refractivity contribution < 1.29 is 13.6 Å². The summed E-state index contributed by atoms with van der Waals surface area (Å²) in [5, 5.41) is 2.71. The van der Waals surface area contributed by atoms with E-state index in [0.717, 1.165) is 5.56 Å². The second-order valence-electron chi connectivity index (χ2n) is 7.21. The van der Waals surface area contributed by atoms with Gasteiger partial charge in [0.05, 0.1) is 12.1 Å². The standard InChI is InChI=1S/C23H20F2N4O2/c1-15-4-7-17(13-19(15)25)22(30)27-11-12-28-21-20(3-2-10-26-21)29(23(28)31)14-16-5-8-18(24)9-6-16/h2-10,13H,11-12,14H2,1H3,(H,27,30). The molecule has 0 saturated carbocycles. The van der Waals surface area contributed by atoms with E-state index in [-0.39, 0.29) is 36.7 Å². The molecule has 0 radical (unpaired) electrons. The molecule has 0 aliphatic carbocycles. The number of pyridine rings is 1. The first-order chi connectivity index (χ1) is 14.9. The highest BCUT2D eigenvalue weighted by Crippen LogP contribution is 2.13. The monoisotopic (exact) mass is 422 g/mol. The number of nitrogens with one attached hydrogen (secondary N) is 1. The maximum atomic E-state index is 13.7. The van der Waals surface area contributed by atoms with Crippen molar-refractivity contribution in [3.63, 3.8) is 0 Å². The highest BCUT2D eigenvalue weighted by atomic mass is 19.1. The van der Waals surface area contributed by atoms with Crippen LogP contribution in [0.25, 0.3) is 11.2 Å². The second kappa shape index (κ2) is 8.51. The number of rotatable bonds is 6. The van der Waals surface area contributed by atoms with E-state index in [0.29, 0.717) is 16.7 Å². The van der Waals surface area contributed by atoms with Gasteiger partial charge in [-0.2, -0.15) is 0 Å². The molecule has 0 saturated heterocycles. The van der Waals surface area contributed by atoms with Gasteiger partial charge in [0.15, 0.2) is 5.65 Å². The number of aromatic nitrogens is 3. The minimum Gasteiger partial charge on any atom is -0.350 e. The number of nitrogens with zero attached hydrogens (tertiary/aromatic N) is 3. The van der Waals surface area contributed by atoms with E-state index >= 15 is 0 Å². The first-order valence-electron chi connectivity index (χ1n) is 9.77. The Morgan fingerprint density at radius 2 is 1.84 bits per heavy atom. The van der Waals surface area contributed by atoms with Gasteiger partial charge in [-0.1, -0.05) is 18.2 Å². The molecule has 6 nitrogen and oxygen atoms in total. The van der Waals surface area contributed by atoms with Gasteiger partial charge in [0.1, 0.15) is 11.6 Å². The van der Waals surface area contributed by atoms with Crippen LogP contribution in [0.2, 0.25) is 0 Å². The first kappa shape index (κ1) is 20.5. The SMILES string of the molecule is Cc1ccc(C(=O)NCCn2c(=O)n(Cc3ccc(F)cc3)c3cccnc32)cc1F. The maximum Gasteiger partial charge on any atom is 0.330 e. The molecule has 1 amide bonds. The molecule has 0 fully saturated rings. The zero-order valence-electron chi connectivity index (χ0n) is 16.8. The number of benzene rings is 2. The van der Waals surface area contributed by atoms with Gasteiger partial charge < -0.3 is 5.32 Å². The Bertz CT molecular complexity index is 1310. The summed E-state index contributed by atoms with van der Waals surface area (Å²) in [6.07, 6.45) is 1.59. The quantitative estimate of drug-likeness (QED) is 0.519. The average Bonchev–Trinajstić information content (AvgIpc) is 3.03. The normalized spacial score (nSPS) is 11.1. The van der Waals surface area contributed by atoms with Gasteiger partial charge >= 0.3 is 5.69 Å². The number of imidazole rings is 1. The summed E-state index contributed by atoms with van der Waals surface area (Å²) in [7, 11) is 0. The third-order valence-electron chi connectivity index (χ3n) is 5.08. The summed E-state index contributed by atoms with van der Waals surface area (Å²) >= 11 is 0. The molecule has 2 heterocycles. The van der Waals surface area contributed by atoms with Crippen LogP contribution in [-0.4, -0.2) is 26.6 Å². The fraction of sp³-hybridized carbons (Fsp3) is 0.174. The molecule has 4 rings (SSSR count). The molecule has 0 bridgehead atoms. The van der Waals surface area contributed by atoms with Gasteiger partial charge in [0.25, 0.3) is 5.91 Å². The number of carbonyl (C=O) groups excluding carboxylic acids is 1. The predicted molar refractivity (Wildman–Crippen MR) is 113 cm³/mol. The topological polar surface area (TPSA) is 68.9 Å². The molecule has 4 aromatic rings. The number of carbonyl (C=O) groups is 1. The predicted octanol–water partition coefficient (Wildman–Crippen LogP) is 3.26. The molecular weight excluding hydrogens is 402 g/mol. The van der Waals surface area contributed by atoms with Crippen LogP contribution in [0, 0.1) is 18.6 Å². The molecule has 0 spiro atoms. The minimum atomic E-state index is -0.447. The highest BCUT2D eigenvalue weighted by molar-refractivity contribution is 5.94. The van der Waals surface area contributed by atoms with Crippen molar-refractivity contribution in [2.75, 3.05) is 6.54 Å². The van der Waals surface area contributed by atoms with Gasteiger partial charge in [-0.3, -0.25) is 13.9 Å². The minimum absolute atomic E-state index is 0.167. The van der Waals surface area contributed by atoms with E-state index in [1.54, 1.807) is 54.1 Å². The molecule has 0 aliphatic rings.